The van der Waals surface area contributed by atoms with Crippen LogP contribution in [0.3, 0.4) is 0 Å². The van der Waals surface area contributed by atoms with E-state index in [1.165, 1.54) is 103 Å². The smallest absolute Gasteiger partial charge is 0.326 e. The van der Waals surface area contributed by atoms with Crippen molar-refractivity contribution in [3.63, 3.8) is 0 Å². The van der Waals surface area contributed by atoms with Crippen molar-refractivity contribution >= 4 is 17.8 Å². The van der Waals surface area contributed by atoms with Gasteiger partial charge in [0.1, 0.15) is 12.1 Å². The molecule has 0 aliphatic rings. The Bertz CT molecular complexity index is 772. The Morgan fingerprint density at radius 2 is 1.02 bits per heavy atom. The lowest BCUT2D eigenvalue weighted by Gasteiger charge is -2.18. The summed E-state index contributed by atoms with van der Waals surface area (Å²) >= 11 is 0. The van der Waals surface area contributed by atoms with E-state index in [4.69, 9.17) is 10.5 Å². The third kappa shape index (κ3) is 32.6. The van der Waals surface area contributed by atoms with Gasteiger partial charge in [-0.2, -0.15) is 0 Å². The van der Waals surface area contributed by atoms with Crippen LogP contribution >= 0.6 is 0 Å². The van der Waals surface area contributed by atoms with Crippen molar-refractivity contribution in [2.45, 2.75) is 225 Å². The minimum Gasteiger partial charge on any atom is -0.480 e. The van der Waals surface area contributed by atoms with Crippen LogP contribution in [-0.2, 0) is 19.1 Å². The number of rotatable bonds is 37. The summed E-state index contributed by atoms with van der Waals surface area (Å²) in [5, 5.41) is 11.9. The number of ether oxygens (including phenoxy) is 1. The van der Waals surface area contributed by atoms with Gasteiger partial charge in [0.25, 0.3) is 0 Å². The molecule has 282 valence electrons. The maximum atomic E-state index is 12.7. The van der Waals surface area contributed by atoms with Gasteiger partial charge >= 0.3 is 11.9 Å². The van der Waals surface area contributed by atoms with E-state index in [2.05, 4.69) is 31.3 Å². The molecule has 48 heavy (non-hydrogen) atoms. The fourth-order valence-corrected chi connectivity index (χ4v) is 6.21. The molecular weight excluding hydrogens is 600 g/mol. The highest BCUT2D eigenvalue weighted by Gasteiger charge is 2.19. The predicted octanol–water partition coefficient (Wildman–Crippen LogP) is 11.1. The van der Waals surface area contributed by atoms with Crippen LogP contribution in [-0.4, -0.2) is 41.6 Å². The lowest BCUT2D eigenvalue weighted by atomic mass is 10.0. The van der Waals surface area contributed by atoms with E-state index in [1.807, 2.05) is 0 Å². The van der Waals surface area contributed by atoms with Crippen LogP contribution in [0.4, 0.5) is 0 Å². The molecule has 0 fully saturated rings. The van der Waals surface area contributed by atoms with E-state index in [0.717, 1.165) is 70.6 Å². The van der Waals surface area contributed by atoms with Gasteiger partial charge in [0.2, 0.25) is 5.91 Å². The van der Waals surface area contributed by atoms with Gasteiger partial charge in [-0.1, -0.05) is 135 Å². The van der Waals surface area contributed by atoms with Gasteiger partial charge < -0.3 is 20.9 Å². The standard InChI is InChI=1S/C41H78N2O5/c1-3-5-7-9-11-12-13-14-15-16-17-18-20-22-26-31-37(48-40(45)35-29-25-19-10-8-6-4-2)32-27-23-21-24-28-34-39(44)43-38(41(46)47)33-30-36-42/h16-17,37-38H,3-15,18-36,42H2,1-2H3,(H,43,44)(H,46,47)/b17-16-. The lowest BCUT2D eigenvalue weighted by molar-refractivity contribution is -0.150. The zero-order valence-corrected chi connectivity index (χ0v) is 31.6. The molecule has 0 saturated heterocycles. The molecule has 0 aliphatic heterocycles. The number of aliphatic carboxylic acids is 1. The van der Waals surface area contributed by atoms with Crippen molar-refractivity contribution in [1.82, 2.24) is 5.32 Å². The van der Waals surface area contributed by atoms with Crippen molar-refractivity contribution < 1.29 is 24.2 Å². The summed E-state index contributed by atoms with van der Waals surface area (Å²) in [6.07, 6.45) is 38.3. The second-order valence-electron chi connectivity index (χ2n) is 14.1. The average molecular weight is 679 g/mol. The first kappa shape index (κ1) is 46.1. The summed E-state index contributed by atoms with van der Waals surface area (Å²) in [5.74, 6) is -1.24. The number of allylic oxidation sites excluding steroid dienone is 2. The summed E-state index contributed by atoms with van der Waals surface area (Å²) in [7, 11) is 0. The molecule has 2 atom stereocenters. The molecule has 0 heterocycles. The van der Waals surface area contributed by atoms with Crippen LogP contribution < -0.4 is 11.1 Å². The highest BCUT2D eigenvalue weighted by Crippen LogP contribution is 2.18. The molecule has 0 rings (SSSR count). The number of carbonyl (C=O) groups excluding carboxylic acids is 2. The van der Waals surface area contributed by atoms with E-state index >= 15 is 0 Å². The van der Waals surface area contributed by atoms with Gasteiger partial charge in [-0.3, -0.25) is 9.59 Å². The quantitative estimate of drug-likeness (QED) is 0.0342. The molecule has 7 heteroatoms. The molecule has 0 aromatic carbocycles. The number of carboxylic acid groups (broad SMARTS) is 1. The molecule has 0 radical (unpaired) electrons. The van der Waals surface area contributed by atoms with Gasteiger partial charge in [-0.15, -0.1) is 0 Å². The topological polar surface area (TPSA) is 119 Å². The number of carbonyl (C=O) groups is 3. The Balaban J connectivity index is 4.29. The van der Waals surface area contributed by atoms with Crippen molar-refractivity contribution in [3.05, 3.63) is 12.2 Å². The molecule has 0 aliphatic carbocycles. The second-order valence-corrected chi connectivity index (χ2v) is 14.1. The number of unbranched alkanes of at least 4 members (excludes halogenated alkanes) is 21. The van der Waals surface area contributed by atoms with Crippen molar-refractivity contribution in [3.8, 4) is 0 Å². The summed E-state index contributed by atoms with van der Waals surface area (Å²) in [6, 6.07) is -0.854. The zero-order valence-electron chi connectivity index (χ0n) is 31.6. The van der Waals surface area contributed by atoms with Crippen LogP contribution in [0, 0.1) is 0 Å². The van der Waals surface area contributed by atoms with Gasteiger partial charge in [0.15, 0.2) is 0 Å². The third-order valence-corrected chi connectivity index (χ3v) is 9.33. The fraction of sp³-hybridized carbons (Fsp3) is 0.878. The normalized spacial score (nSPS) is 12.7. The predicted molar refractivity (Wildman–Crippen MR) is 202 cm³/mol. The SMILES string of the molecule is CCCCCCCCCC/C=C\CCCCCC(CCCCCCCC(=O)NC(CCCN)C(=O)O)OC(=O)CCCCCCCCC. The molecule has 4 N–H and O–H groups in total. The Kier molecular flexibility index (Phi) is 35.0. The van der Waals surface area contributed by atoms with Gasteiger partial charge in [-0.05, 0) is 83.6 Å². The molecule has 0 spiro atoms. The summed E-state index contributed by atoms with van der Waals surface area (Å²) in [6.45, 7) is 4.92. The van der Waals surface area contributed by atoms with Gasteiger partial charge in [0.05, 0.1) is 0 Å². The molecule has 0 bridgehead atoms. The highest BCUT2D eigenvalue weighted by atomic mass is 16.5. The molecular formula is C41H78N2O5. The molecule has 2 unspecified atom stereocenters. The lowest BCUT2D eigenvalue weighted by Crippen LogP contribution is -2.40. The number of esters is 1. The number of amides is 1. The summed E-state index contributed by atoms with van der Waals surface area (Å²) in [4.78, 5) is 36.2. The fourth-order valence-electron chi connectivity index (χ4n) is 6.21. The number of hydrogen-bond donors (Lipinski definition) is 3. The Hall–Kier alpha value is -1.89. The Morgan fingerprint density at radius 3 is 1.52 bits per heavy atom. The molecule has 7 nitrogen and oxygen atoms in total. The Morgan fingerprint density at radius 1 is 0.583 bits per heavy atom. The number of nitrogens with one attached hydrogen (secondary N) is 1. The number of carboxylic acids is 1. The monoisotopic (exact) mass is 679 g/mol. The van der Waals surface area contributed by atoms with E-state index in [1.54, 1.807) is 0 Å². The molecule has 0 aromatic rings. The average Bonchev–Trinajstić information content (AvgIpc) is 3.07. The van der Waals surface area contributed by atoms with Crippen LogP contribution in [0.5, 0.6) is 0 Å². The van der Waals surface area contributed by atoms with Crippen LogP contribution in [0.25, 0.3) is 0 Å². The van der Waals surface area contributed by atoms with Crippen LogP contribution in [0.15, 0.2) is 12.2 Å². The van der Waals surface area contributed by atoms with Crippen LogP contribution in [0.2, 0.25) is 0 Å². The highest BCUT2D eigenvalue weighted by molar-refractivity contribution is 5.83. The maximum absolute atomic E-state index is 12.7. The van der Waals surface area contributed by atoms with E-state index in [9.17, 15) is 19.5 Å². The number of nitrogens with two attached hydrogens (primary N) is 1. The van der Waals surface area contributed by atoms with Gasteiger partial charge in [0, 0.05) is 12.8 Å². The zero-order chi connectivity index (χ0) is 35.3. The van der Waals surface area contributed by atoms with Gasteiger partial charge in [-0.25, -0.2) is 4.79 Å². The van der Waals surface area contributed by atoms with E-state index < -0.39 is 12.0 Å². The molecule has 1 amide bonds. The van der Waals surface area contributed by atoms with E-state index in [-0.39, 0.29) is 18.0 Å². The molecule has 0 saturated carbocycles. The van der Waals surface area contributed by atoms with Crippen molar-refractivity contribution in [2.75, 3.05) is 6.54 Å². The maximum Gasteiger partial charge on any atom is 0.326 e. The first-order valence-electron chi connectivity index (χ1n) is 20.5. The Labute approximate surface area is 296 Å². The molecule has 0 aromatic heterocycles. The summed E-state index contributed by atoms with van der Waals surface area (Å²) < 4.78 is 6.00. The first-order valence-corrected chi connectivity index (χ1v) is 20.5. The minimum absolute atomic E-state index is 0.00631. The van der Waals surface area contributed by atoms with Crippen molar-refractivity contribution in [1.29, 1.82) is 0 Å². The summed E-state index contributed by atoms with van der Waals surface area (Å²) in [5.41, 5.74) is 5.47. The second kappa shape index (κ2) is 36.4. The van der Waals surface area contributed by atoms with Crippen molar-refractivity contribution in [2.24, 2.45) is 5.73 Å². The number of hydrogen-bond acceptors (Lipinski definition) is 5. The third-order valence-electron chi connectivity index (χ3n) is 9.33. The minimum atomic E-state index is -1.00. The van der Waals surface area contributed by atoms with E-state index in [0.29, 0.717) is 32.2 Å². The van der Waals surface area contributed by atoms with Crippen LogP contribution in [0.1, 0.15) is 213 Å². The largest absolute Gasteiger partial charge is 0.480 e. The first-order chi connectivity index (χ1) is 23.4.